The number of alkyl halides is 3. The third-order valence-corrected chi connectivity index (χ3v) is 22.2. The van der Waals surface area contributed by atoms with Crippen LogP contribution >= 0.6 is 0 Å². The van der Waals surface area contributed by atoms with E-state index >= 15 is 0 Å². The molecule has 0 aromatic heterocycles. The highest BCUT2D eigenvalue weighted by atomic mass is 19.1. The van der Waals surface area contributed by atoms with E-state index in [1.165, 1.54) is 38.9 Å². The minimum Gasteiger partial charge on any atom is -0.493 e. The van der Waals surface area contributed by atoms with Gasteiger partial charge < -0.3 is 55.1 Å². The fourth-order valence-electron chi connectivity index (χ4n) is 17.5. The van der Waals surface area contributed by atoms with E-state index in [9.17, 15) is 54.0 Å². The van der Waals surface area contributed by atoms with Crippen LogP contribution in [0.15, 0.2) is 48.5 Å². The van der Waals surface area contributed by atoms with Crippen LogP contribution in [0.3, 0.4) is 0 Å². The molecule has 8 N–H and O–H groups in total. The van der Waals surface area contributed by atoms with E-state index in [0.29, 0.717) is 90.4 Å². The largest absolute Gasteiger partial charge is 0.493 e. The molecule has 15 nitrogen and oxygen atoms in total. The molecule has 4 saturated heterocycles. The van der Waals surface area contributed by atoms with Gasteiger partial charge >= 0.3 is 0 Å². The predicted molar refractivity (Wildman–Crippen MR) is 380 cm³/mol. The molecule has 18 heteroatoms. The van der Waals surface area contributed by atoms with Crippen molar-refractivity contribution in [3.8, 4) is 17.2 Å². The molecule has 12 atom stereocenters. The Kier molecular flexibility index (Phi) is 26.9. The van der Waals surface area contributed by atoms with Crippen LogP contribution < -0.4 is 14.2 Å². The Balaban J connectivity index is 0.000000159. The first kappa shape index (κ1) is 72.0. The SMILES string of the molecule is CC(C)C[C@@H]1CN2CCc3cc(OCCCF)c(CO)cc3[C@H]2C[C@H]1O.CC(C)C[C@@H]1CN2CCc3cc(OCCF)c(CO)cc3[C@H]2C[C@H]1O.Cc1cc2c(cc1CO)[C@H]1C[C@@H](O)[C@H](CC(C)C)CN1CC2.[2H]C([2H])(F)C([2H])([2H])Oc1cc2c(cc1CO)[C@H]1C[C@@H](O)[C@H](CC(C)C)CN1CC2. The Morgan fingerprint density at radius 1 is 0.418 bits per heavy atom. The predicted octanol–water partition coefficient (Wildman–Crippen LogP) is 11.8. The lowest BCUT2D eigenvalue weighted by atomic mass is 9.78. The van der Waals surface area contributed by atoms with Gasteiger partial charge in [0.1, 0.15) is 43.7 Å². The minimum atomic E-state index is -3.69. The molecule has 4 aromatic rings. The number of aryl methyl sites for hydroxylation is 1. The Labute approximate surface area is 589 Å². The van der Waals surface area contributed by atoms with Gasteiger partial charge in [0.15, 0.2) is 0 Å². The Morgan fingerprint density at radius 2 is 0.714 bits per heavy atom. The molecule has 98 heavy (non-hydrogen) atoms. The van der Waals surface area contributed by atoms with Crippen LogP contribution in [-0.4, -0.2) is 177 Å². The lowest BCUT2D eigenvalue weighted by molar-refractivity contribution is -0.0192. The molecule has 0 amide bonds. The van der Waals surface area contributed by atoms with Gasteiger partial charge in [0.2, 0.25) is 0 Å². The van der Waals surface area contributed by atoms with E-state index in [1.807, 2.05) is 24.3 Å². The normalized spacial score (nSPS) is 27.6. The molecule has 0 unspecified atom stereocenters. The van der Waals surface area contributed by atoms with Crippen molar-refractivity contribution in [1.82, 2.24) is 19.6 Å². The maximum Gasteiger partial charge on any atom is 0.125 e. The summed E-state index contributed by atoms with van der Waals surface area (Å²) in [6, 6.07) is 16.5. The van der Waals surface area contributed by atoms with E-state index in [2.05, 4.69) is 94.0 Å². The van der Waals surface area contributed by atoms with Gasteiger partial charge in [-0.15, -0.1) is 0 Å². The van der Waals surface area contributed by atoms with Gasteiger partial charge in [-0.25, -0.2) is 8.78 Å². The van der Waals surface area contributed by atoms with E-state index < -0.39 is 39.2 Å². The molecule has 12 rings (SSSR count). The van der Waals surface area contributed by atoms with Crippen LogP contribution in [0.25, 0.3) is 0 Å². The molecular weight excluding hydrogens is 1250 g/mol. The summed E-state index contributed by atoms with van der Waals surface area (Å²) in [7, 11) is 0. The second-order valence-corrected chi connectivity index (χ2v) is 31.1. The number of benzene rings is 4. The van der Waals surface area contributed by atoms with Gasteiger partial charge in [0, 0.05) is 99.6 Å². The molecule has 0 radical (unpaired) electrons. The number of aliphatic hydroxyl groups excluding tert-OH is 8. The topological polar surface area (TPSA) is 202 Å². The maximum atomic E-state index is 13.6. The number of ether oxygens (including phenoxy) is 3. The summed E-state index contributed by atoms with van der Waals surface area (Å²) in [4.78, 5) is 9.88. The Morgan fingerprint density at radius 3 is 1.00 bits per heavy atom. The van der Waals surface area contributed by atoms with Crippen LogP contribution in [0.4, 0.5) is 13.2 Å². The van der Waals surface area contributed by atoms with Gasteiger partial charge in [-0.3, -0.25) is 24.0 Å². The third-order valence-electron chi connectivity index (χ3n) is 22.2. The zero-order valence-electron chi connectivity index (χ0n) is 64.1. The average molecular weight is 1380 g/mol. The highest BCUT2D eigenvalue weighted by Gasteiger charge is 2.43. The van der Waals surface area contributed by atoms with Crippen molar-refractivity contribution in [3.63, 3.8) is 0 Å². The zero-order chi connectivity index (χ0) is 74.1. The molecule has 8 aliphatic rings. The Hall–Kier alpha value is -4.41. The average Bonchev–Trinajstić information content (AvgIpc) is 0.784. The number of hydrogen-bond donors (Lipinski definition) is 8. The van der Waals surface area contributed by atoms with Crippen molar-refractivity contribution < 1.29 is 73.7 Å². The standard InChI is InChI=1S/C21H32FNO3.2C20H30FNO3.C19H29NO2/c1-14(2)8-16-12-23-6-4-15-10-21(26-7-3-5-22)17(13-24)9-18(15)19(23)11-20(16)25;2*1-13(2)7-15-11-22-5-3-14-9-20(25-6-4-21)16(12-23)8-17(14)18(22)10-19(15)24;1-12(2)6-15-10-20-5-4-14-7-13(3)16(11-21)8-17(14)18(20)9-19(15)22/h9-10,14,16,19-20,24-25H,3-8,11-13H2,1-2H3;2*8-9,13,15,18-19,23-24H,3-7,10-12H2,1-2H3;7-8,12,15,18-19,21-22H,4-6,9-11H2,1-3H3/t16-,19-,20-;3*15-,18-,19-/m1111/s1/i;4D2,6D2;;. The first-order valence-electron chi connectivity index (χ1n) is 38.9. The van der Waals surface area contributed by atoms with Crippen LogP contribution in [0.2, 0.25) is 0 Å². The second-order valence-electron chi connectivity index (χ2n) is 31.1. The van der Waals surface area contributed by atoms with Gasteiger partial charge in [-0.05, 0) is 223 Å². The lowest BCUT2D eigenvalue weighted by Crippen LogP contribution is -2.48. The molecule has 8 heterocycles. The van der Waals surface area contributed by atoms with E-state index in [0.717, 1.165) is 139 Å². The molecule has 0 bridgehead atoms. The summed E-state index contributed by atoms with van der Waals surface area (Å²) in [6.45, 7) is 19.2. The lowest BCUT2D eigenvalue weighted by Gasteiger charge is -2.46. The number of aliphatic hydroxyl groups is 8. The first-order valence-corrected chi connectivity index (χ1v) is 36.9. The van der Waals surface area contributed by atoms with Gasteiger partial charge in [-0.1, -0.05) is 67.5 Å². The molecule has 0 aliphatic carbocycles. The van der Waals surface area contributed by atoms with Crippen LogP contribution in [0, 0.1) is 54.3 Å². The second kappa shape index (κ2) is 36.6. The number of hydrogen-bond acceptors (Lipinski definition) is 15. The van der Waals surface area contributed by atoms with Crippen LogP contribution in [-0.2, 0) is 52.1 Å². The van der Waals surface area contributed by atoms with Crippen molar-refractivity contribution in [2.24, 2.45) is 47.3 Å². The molecule has 4 fully saturated rings. The van der Waals surface area contributed by atoms with Crippen molar-refractivity contribution in [3.05, 3.63) is 121 Å². The monoisotopic (exact) mass is 1370 g/mol. The summed E-state index contributed by atoms with van der Waals surface area (Å²) in [5.41, 5.74) is 13.4. The molecule has 548 valence electrons. The molecule has 0 spiro atoms. The number of halogens is 3. The fourth-order valence-corrected chi connectivity index (χ4v) is 17.5. The van der Waals surface area contributed by atoms with Crippen molar-refractivity contribution in [1.29, 1.82) is 0 Å². The van der Waals surface area contributed by atoms with Crippen LogP contribution in [0.5, 0.6) is 17.2 Å². The summed E-state index contributed by atoms with van der Waals surface area (Å²) in [5, 5.41) is 81.3. The zero-order valence-corrected chi connectivity index (χ0v) is 60.1. The number of piperidine rings is 4. The van der Waals surface area contributed by atoms with Gasteiger partial charge in [0.05, 0.1) is 69.6 Å². The minimum absolute atomic E-state index is 0.000823. The Bertz CT molecular complexity index is 3350. The summed E-state index contributed by atoms with van der Waals surface area (Å²) in [6.07, 6.45) is 9.91. The highest BCUT2D eigenvalue weighted by Crippen LogP contribution is 2.47. The molecule has 4 aromatic carbocycles. The smallest absolute Gasteiger partial charge is 0.125 e. The van der Waals surface area contributed by atoms with Crippen molar-refractivity contribution >= 4 is 0 Å². The summed E-state index contributed by atoms with van der Waals surface area (Å²) < 4.78 is 83.6. The van der Waals surface area contributed by atoms with Crippen LogP contribution in [0.1, 0.15) is 215 Å². The van der Waals surface area contributed by atoms with Gasteiger partial charge in [-0.2, -0.15) is 0 Å². The van der Waals surface area contributed by atoms with E-state index in [4.69, 9.17) is 19.7 Å². The van der Waals surface area contributed by atoms with Crippen molar-refractivity contribution in [2.75, 3.05) is 92.1 Å². The summed E-state index contributed by atoms with van der Waals surface area (Å²) >= 11 is 0. The highest BCUT2D eigenvalue weighted by molar-refractivity contribution is 5.48. The molecular formula is C80H121F3N4O11. The fraction of sp³-hybridized carbons (Fsp3) is 0.700. The first-order chi connectivity index (χ1) is 48.5. The summed E-state index contributed by atoms with van der Waals surface area (Å²) in [5.74, 6) is 4.83. The van der Waals surface area contributed by atoms with Gasteiger partial charge in [0.25, 0.3) is 0 Å². The van der Waals surface area contributed by atoms with E-state index in [-0.39, 0.29) is 80.1 Å². The quantitative estimate of drug-likeness (QED) is 0.0345. The maximum absolute atomic E-state index is 13.6. The number of nitrogens with zero attached hydrogens (tertiary/aromatic N) is 4. The molecule has 8 aliphatic heterocycles. The van der Waals surface area contributed by atoms with E-state index in [1.54, 1.807) is 12.1 Å². The molecule has 0 saturated carbocycles. The van der Waals surface area contributed by atoms with Crippen molar-refractivity contribution in [2.45, 2.75) is 221 Å². The number of rotatable bonds is 22. The third kappa shape index (κ3) is 19.4. The number of fused-ring (bicyclic) bond motifs is 12.